The van der Waals surface area contributed by atoms with E-state index < -0.39 is 9.05 Å². The van der Waals surface area contributed by atoms with Gasteiger partial charge in [-0.25, -0.2) is 8.42 Å². The van der Waals surface area contributed by atoms with E-state index in [1.165, 1.54) is 6.07 Å². The quantitative estimate of drug-likeness (QED) is 0.576. The molecule has 0 atom stereocenters. The first-order valence-electron chi connectivity index (χ1n) is 6.71. The Morgan fingerprint density at radius 2 is 1.71 bits per heavy atom. The minimum Gasteiger partial charge on any atom is -0.491 e. The van der Waals surface area contributed by atoms with Crippen LogP contribution in [0.25, 0.3) is 10.8 Å². The number of hydrogen-bond acceptors (Lipinski definition) is 4. The highest BCUT2D eigenvalue weighted by atomic mass is 35.7. The van der Waals surface area contributed by atoms with Gasteiger partial charge in [0.05, 0.1) is 11.5 Å². The highest BCUT2D eigenvalue weighted by Gasteiger charge is 2.16. The van der Waals surface area contributed by atoms with Gasteiger partial charge in [0.1, 0.15) is 12.4 Å². The van der Waals surface area contributed by atoms with Crippen LogP contribution in [-0.2, 0) is 13.8 Å². The Morgan fingerprint density at radius 3 is 2.38 bits per heavy atom. The molecule has 0 bridgehead atoms. The minimum atomic E-state index is -3.79. The minimum absolute atomic E-state index is 0.0920. The van der Waals surface area contributed by atoms with Crippen LogP contribution in [0.4, 0.5) is 0 Å². The van der Waals surface area contributed by atoms with E-state index in [2.05, 4.69) is 0 Å². The Kier molecular flexibility index (Phi) is 5.45. The lowest BCUT2D eigenvalue weighted by molar-refractivity contribution is 0.101. The summed E-state index contributed by atoms with van der Waals surface area (Å²) in [6.07, 6.45) is 0.964. The Balaban J connectivity index is 2.26. The van der Waals surface area contributed by atoms with Crippen molar-refractivity contribution in [2.24, 2.45) is 0 Å². The Labute approximate surface area is 129 Å². The van der Waals surface area contributed by atoms with Gasteiger partial charge in [0.25, 0.3) is 9.05 Å². The summed E-state index contributed by atoms with van der Waals surface area (Å²) in [5.41, 5.74) is 0. The summed E-state index contributed by atoms with van der Waals surface area (Å²) >= 11 is 0. The lowest BCUT2D eigenvalue weighted by Crippen LogP contribution is -2.07. The van der Waals surface area contributed by atoms with Crippen molar-refractivity contribution in [1.29, 1.82) is 0 Å². The molecule has 0 amide bonds. The lowest BCUT2D eigenvalue weighted by Gasteiger charge is -2.11. The molecule has 2 aromatic carbocycles. The van der Waals surface area contributed by atoms with E-state index in [0.29, 0.717) is 31.0 Å². The second kappa shape index (κ2) is 7.11. The molecule has 0 aliphatic rings. The molecule has 0 saturated heterocycles. The van der Waals surface area contributed by atoms with Crippen molar-refractivity contribution in [3.05, 3.63) is 36.4 Å². The maximum Gasteiger partial charge on any atom is 0.261 e. The smallest absolute Gasteiger partial charge is 0.261 e. The fraction of sp³-hybridized carbons (Fsp3) is 0.333. The third-order valence-electron chi connectivity index (χ3n) is 2.94. The second-order valence-electron chi connectivity index (χ2n) is 4.51. The van der Waals surface area contributed by atoms with Gasteiger partial charge in [-0.15, -0.1) is 0 Å². The van der Waals surface area contributed by atoms with Crippen LogP contribution in [0.5, 0.6) is 5.75 Å². The van der Waals surface area contributed by atoms with Crippen molar-refractivity contribution in [3.63, 3.8) is 0 Å². The molecule has 0 N–H and O–H groups in total. The number of benzene rings is 2. The molecule has 0 aliphatic carbocycles. The summed E-state index contributed by atoms with van der Waals surface area (Å²) in [7, 11) is 1.68. The molecule has 0 unspecified atom stereocenters. The van der Waals surface area contributed by atoms with E-state index in [1.54, 1.807) is 18.2 Å². The van der Waals surface area contributed by atoms with E-state index in [9.17, 15) is 8.42 Å². The number of ether oxygens (including phenoxy) is 2. The molecule has 6 heteroatoms. The summed E-state index contributed by atoms with van der Waals surface area (Å²) in [4.78, 5) is 0.0920. The molecule has 0 aromatic heterocycles. The molecule has 4 nitrogen and oxygen atoms in total. The van der Waals surface area contributed by atoms with Crippen molar-refractivity contribution < 1.29 is 17.9 Å². The van der Waals surface area contributed by atoms with E-state index in [4.69, 9.17) is 20.2 Å². The summed E-state index contributed by atoms with van der Waals surface area (Å²) < 4.78 is 34.2. The van der Waals surface area contributed by atoms with Gasteiger partial charge >= 0.3 is 0 Å². The Morgan fingerprint density at radius 1 is 1.00 bits per heavy atom. The highest BCUT2D eigenvalue weighted by Crippen LogP contribution is 2.32. The summed E-state index contributed by atoms with van der Waals surface area (Å²) in [6.45, 7) is 3.65. The number of rotatable bonds is 7. The summed E-state index contributed by atoms with van der Waals surface area (Å²) in [5, 5.41) is 1.27. The van der Waals surface area contributed by atoms with Crippen molar-refractivity contribution in [1.82, 2.24) is 0 Å². The fourth-order valence-electron chi connectivity index (χ4n) is 2.04. The molecule has 0 heterocycles. The van der Waals surface area contributed by atoms with Gasteiger partial charge in [-0.2, -0.15) is 0 Å². The van der Waals surface area contributed by atoms with Gasteiger partial charge in [-0.05, 0) is 18.6 Å². The van der Waals surface area contributed by atoms with Gasteiger partial charge in [0, 0.05) is 28.1 Å². The van der Waals surface area contributed by atoms with Gasteiger partial charge in [0.15, 0.2) is 0 Å². The maximum atomic E-state index is 11.6. The van der Waals surface area contributed by atoms with Crippen molar-refractivity contribution in [2.45, 2.75) is 18.2 Å². The maximum absolute atomic E-state index is 11.6. The third kappa shape index (κ3) is 4.09. The molecule has 21 heavy (non-hydrogen) atoms. The SMILES string of the molecule is CCCOCCOc1ccc(S(=O)(=O)Cl)c2ccccc12. The zero-order chi connectivity index (χ0) is 15.3. The predicted molar refractivity (Wildman–Crippen MR) is 83.6 cm³/mol. The first-order chi connectivity index (χ1) is 10.0. The van der Waals surface area contributed by atoms with Crippen LogP contribution in [0.15, 0.2) is 41.3 Å². The Hall–Kier alpha value is -1.30. The average molecular weight is 329 g/mol. The third-order valence-corrected chi connectivity index (χ3v) is 4.32. The first kappa shape index (κ1) is 16.1. The first-order valence-corrected chi connectivity index (χ1v) is 9.02. The standard InChI is InChI=1S/C15H17ClO4S/c1-2-9-19-10-11-20-14-7-8-15(21(16,17)18)13-6-4-3-5-12(13)14/h3-8H,2,9-11H2,1H3. The van der Waals surface area contributed by atoms with Crippen LogP contribution in [0, 0.1) is 0 Å². The van der Waals surface area contributed by atoms with Crippen LogP contribution in [0.1, 0.15) is 13.3 Å². The molecule has 2 rings (SSSR count). The zero-order valence-electron chi connectivity index (χ0n) is 11.7. The molecular weight excluding hydrogens is 312 g/mol. The van der Waals surface area contributed by atoms with E-state index >= 15 is 0 Å². The number of hydrogen-bond donors (Lipinski definition) is 0. The van der Waals surface area contributed by atoms with Gasteiger partial charge in [-0.3, -0.25) is 0 Å². The topological polar surface area (TPSA) is 52.6 Å². The van der Waals surface area contributed by atoms with Gasteiger partial charge in [0.2, 0.25) is 0 Å². The van der Waals surface area contributed by atoms with Crippen molar-refractivity contribution in [2.75, 3.05) is 19.8 Å². The molecule has 0 spiro atoms. The second-order valence-corrected chi connectivity index (χ2v) is 7.04. The van der Waals surface area contributed by atoms with Crippen molar-refractivity contribution in [3.8, 4) is 5.75 Å². The van der Waals surface area contributed by atoms with E-state index in [0.717, 1.165) is 11.8 Å². The van der Waals surface area contributed by atoms with Crippen LogP contribution < -0.4 is 4.74 Å². The normalized spacial score (nSPS) is 11.7. The molecular formula is C15H17ClO4S. The van der Waals surface area contributed by atoms with Gasteiger partial charge in [-0.1, -0.05) is 31.2 Å². The fourth-order valence-corrected chi connectivity index (χ4v) is 3.11. The van der Waals surface area contributed by atoms with Crippen LogP contribution in [-0.4, -0.2) is 28.2 Å². The van der Waals surface area contributed by atoms with Crippen LogP contribution in [0.2, 0.25) is 0 Å². The molecule has 0 fully saturated rings. The Bertz CT molecular complexity index is 713. The molecule has 0 radical (unpaired) electrons. The van der Waals surface area contributed by atoms with Crippen LogP contribution in [0.3, 0.4) is 0 Å². The largest absolute Gasteiger partial charge is 0.491 e. The zero-order valence-corrected chi connectivity index (χ0v) is 13.3. The average Bonchev–Trinajstić information content (AvgIpc) is 2.45. The van der Waals surface area contributed by atoms with Gasteiger partial charge < -0.3 is 9.47 Å². The number of halogens is 1. The van der Waals surface area contributed by atoms with Crippen LogP contribution >= 0.6 is 10.7 Å². The molecule has 114 valence electrons. The van der Waals surface area contributed by atoms with E-state index in [-0.39, 0.29) is 4.90 Å². The highest BCUT2D eigenvalue weighted by molar-refractivity contribution is 8.14. The molecule has 0 aliphatic heterocycles. The summed E-state index contributed by atoms with van der Waals surface area (Å²) in [5.74, 6) is 0.620. The van der Waals surface area contributed by atoms with Crippen molar-refractivity contribution >= 4 is 30.5 Å². The predicted octanol–water partition coefficient (Wildman–Crippen LogP) is 3.57. The molecule has 0 saturated carbocycles. The lowest BCUT2D eigenvalue weighted by atomic mass is 10.1. The molecule has 2 aromatic rings. The monoisotopic (exact) mass is 328 g/mol. The summed E-state index contributed by atoms with van der Waals surface area (Å²) in [6, 6.07) is 10.2. The van der Waals surface area contributed by atoms with E-state index in [1.807, 2.05) is 19.1 Å². The number of fused-ring (bicyclic) bond motifs is 1.